The number of aliphatic hydroxyl groups is 1. The summed E-state index contributed by atoms with van der Waals surface area (Å²) in [4.78, 5) is 14.3. The molecule has 1 N–H and O–H groups in total. The Morgan fingerprint density at radius 3 is 2.70 bits per heavy atom. The van der Waals surface area contributed by atoms with Gasteiger partial charge in [0.25, 0.3) is 5.91 Å². The summed E-state index contributed by atoms with van der Waals surface area (Å²) in [5.41, 5.74) is 0.588. The third kappa shape index (κ3) is 3.01. The van der Waals surface area contributed by atoms with Gasteiger partial charge in [-0.2, -0.15) is 0 Å². The van der Waals surface area contributed by atoms with Crippen LogP contribution in [0.5, 0.6) is 0 Å². The zero-order chi connectivity index (χ0) is 14.9. The number of halogens is 1. The zero-order valence-corrected chi connectivity index (χ0v) is 13.1. The van der Waals surface area contributed by atoms with E-state index in [0.717, 1.165) is 25.7 Å². The standard InChI is InChI=1S/C15H23ClN2O2/c1-10(2)18-9-11(16)8-13(18)15(20)17(3)12-6-4-5-7-14(12)19/h8-10,12,14,19H,4-7H2,1-3H3. The highest BCUT2D eigenvalue weighted by Crippen LogP contribution is 2.25. The molecule has 0 bridgehead atoms. The molecule has 1 aliphatic carbocycles. The van der Waals surface area contributed by atoms with Crippen molar-refractivity contribution in [2.75, 3.05) is 7.05 Å². The van der Waals surface area contributed by atoms with Gasteiger partial charge in [-0.1, -0.05) is 24.4 Å². The van der Waals surface area contributed by atoms with Gasteiger partial charge >= 0.3 is 0 Å². The maximum absolute atomic E-state index is 12.7. The summed E-state index contributed by atoms with van der Waals surface area (Å²) in [6, 6.07) is 1.78. The molecule has 2 rings (SSSR count). The van der Waals surface area contributed by atoms with Crippen LogP contribution >= 0.6 is 11.6 Å². The van der Waals surface area contributed by atoms with Gasteiger partial charge in [0.1, 0.15) is 5.69 Å². The summed E-state index contributed by atoms with van der Waals surface area (Å²) in [7, 11) is 1.77. The van der Waals surface area contributed by atoms with Crippen molar-refractivity contribution in [1.29, 1.82) is 0 Å². The number of amides is 1. The number of nitrogens with zero attached hydrogens (tertiary/aromatic N) is 2. The molecule has 5 heteroatoms. The Balaban J connectivity index is 2.22. The second-order valence-electron chi connectivity index (χ2n) is 5.88. The van der Waals surface area contributed by atoms with Crippen LogP contribution in [-0.2, 0) is 0 Å². The molecule has 0 spiro atoms. The largest absolute Gasteiger partial charge is 0.391 e. The smallest absolute Gasteiger partial charge is 0.270 e. The number of aromatic nitrogens is 1. The molecule has 0 radical (unpaired) electrons. The van der Waals surface area contributed by atoms with Gasteiger partial charge < -0.3 is 14.6 Å². The molecule has 20 heavy (non-hydrogen) atoms. The highest BCUT2D eigenvalue weighted by atomic mass is 35.5. The fourth-order valence-electron chi connectivity index (χ4n) is 2.92. The first-order valence-electron chi connectivity index (χ1n) is 7.24. The molecule has 0 aromatic carbocycles. The van der Waals surface area contributed by atoms with E-state index in [2.05, 4.69) is 0 Å². The van der Waals surface area contributed by atoms with E-state index in [9.17, 15) is 9.90 Å². The fourth-order valence-corrected chi connectivity index (χ4v) is 3.13. The fraction of sp³-hybridized carbons (Fsp3) is 0.667. The lowest BCUT2D eigenvalue weighted by molar-refractivity contribution is 0.0261. The Labute approximate surface area is 125 Å². The Hall–Kier alpha value is -1.00. The molecule has 0 saturated heterocycles. The van der Waals surface area contributed by atoms with Crippen molar-refractivity contribution in [3.63, 3.8) is 0 Å². The van der Waals surface area contributed by atoms with Crippen LogP contribution in [0.25, 0.3) is 0 Å². The number of carbonyl (C=O) groups is 1. The molecule has 1 aromatic rings. The molecule has 112 valence electrons. The van der Waals surface area contributed by atoms with Crippen LogP contribution in [-0.4, -0.2) is 39.7 Å². The average molecular weight is 299 g/mol. The molecule has 1 aliphatic rings. The van der Waals surface area contributed by atoms with Crippen molar-refractivity contribution in [3.8, 4) is 0 Å². The zero-order valence-electron chi connectivity index (χ0n) is 12.3. The van der Waals surface area contributed by atoms with Gasteiger partial charge in [0.2, 0.25) is 0 Å². The van der Waals surface area contributed by atoms with Gasteiger partial charge in [0, 0.05) is 19.3 Å². The molecule has 1 saturated carbocycles. The van der Waals surface area contributed by atoms with Crippen molar-refractivity contribution in [2.45, 2.75) is 57.7 Å². The van der Waals surface area contributed by atoms with E-state index in [1.807, 2.05) is 18.4 Å². The van der Waals surface area contributed by atoms with E-state index in [0.29, 0.717) is 10.7 Å². The molecule has 1 heterocycles. The Kier molecular flexibility index (Phi) is 4.76. The molecule has 4 nitrogen and oxygen atoms in total. The van der Waals surface area contributed by atoms with E-state index in [4.69, 9.17) is 11.6 Å². The van der Waals surface area contributed by atoms with E-state index in [1.54, 1.807) is 24.2 Å². The van der Waals surface area contributed by atoms with Crippen LogP contribution in [0.4, 0.5) is 0 Å². The van der Waals surface area contributed by atoms with Crippen molar-refractivity contribution >= 4 is 17.5 Å². The minimum absolute atomic E-state index is 0.0726. The summed E-state index contributed by atoms with van der Waals surface area (Å²) in [6.45, 7) is 4.03. The maximum Gasteiger partial charge on any atom is 0.270 e. The highest BCUT2D eigenvalue weighted by Gasteiger charge is 2.31. The molecule has 0 aliphatic heterocycles. The lowest BCUT2D eigenvalue weighted by Gasteiger charge is -2.35. The minimum atomic E-state index is -0.421. The first-order valence-corrected chi connectivity index (χ1v) is 7.62. The Bertz CT molecular complexity index is 484. The Morgan fingerprint density at radius 2 is 2.10 bits per heavy atom. The van der Waals surface area contributed by atoms with Crippen LogP contribution in [0.1, 0.15) is 56.1 Å². The normalized spacial score (nSPS) is 23.1. The summed E-state index contributed by atoms with van der Waals surface area (Å²) in [5.74, 6) is -0.0726. The van der Waals surface area contributed by atoms with Gasteiger partial charge in [-0.05, 0) is 32.8 Å². The third-order valence-corrected chi connectivity index (χ3v) is 4.31. The minimum Gasteiger partial charge on any atom is -0.391 e. The molecular formula is C15H23ClN2O2. The van der Waals surface area contributed by atoms with Crippen LogP contribution in [0.3, 0.4) is 0 Å². The molecule has 2 unspecified atom stereocenters. The predicted octanol–water partition coefficient (Wildman–Crippen LogP) is 3.10. The van der Waals surface area contributed by atoms with Gasteiger partial charge in [0.05, 0.1) is 17.2 Å². The van der Waals surface area contributed by atoms with E-state index >= 15 is 0 Å². The van der Waals surface area contributed by atoms with E-state index in [1.165, 1.54) is 0 Å². The monoisotopic (exact) mass is 298 g/mol. The highest BCUT2D eigenvalue weighted by molar-refractivity contribution is 6.31. The number of hydrogen-bond donors (Lipinski definition) is 1. The lowest BCUT2D eigenvalue weighted by atomic mass is 9.91. The van der Waals surface area contributed by atoms with Crippen LogP contribution < -0.4 is 0 Å². The lowest BCUT2D eigenvalue weighted by Crippen LogP contribution is -2.46. The first-order chi connectivity index (χ1) is 9.41. The first kappa shape index (κ1) is 15.4. The van der Waals surface area contributed by atoms with Gasteiger partial charge in [-0.25, -0.2) is 0 Å². The van der Waals surface area contributed by atoms with E-state index in [-0.39, 0.29) is 18.0 Å². The van der Waals surface area contributed by atoms with Gasteiger partial charge in [-0.3, -0.25) is 4.79 Å². The van der Waals surface area contributed by atoms with Crippen LogP contribution in [0.15, 0.2) is 12.3 Å². The summed E-state index contributed by atoms with van der Waals surface area (Å²) < 4.78 is 1.89. The number of rotatable bonds is 3. The van der Waals surface area contributed by atoms with E-state index < -0.39 is 6.10 Å². The SMILES string of the molecule is CC(C)n1cc(Cl)cc1C(=O)N(C)C1CCCCC1O. The average Bonchev–Trinajstić information content (AvgIpc) is 2.80. The maximum atomic E-state index is 12.7. The molecule has 1 amide bonds. The molecular weight excluding hydrogens is 276 g/mol. The van der Waals surface area contributed by atoms with Crippen molar-refractivity contribution in [1.82, 2.24) is 9.47 Å². The van der Waals surface area contributed by atoms with Crippen molar-refractivity contribution < 1.29 is 9.90 Å². The second kappa shape index (κ2) is 6.19. The number of carbonyl (C=O) groups excluding carboxylic acids is 1. The Morgan fingerprint density at radius 1 is 1.45 bits per heavy atom. The predicted molar refractivity (Wildman–Crippen MR) is 80.2 cm³/mol. The third-order valence-electron chi connectivity index (χ3n) is 4.10. The summed E-state index contributed by atoms with van der Waals surface area (Å²) >= 11 is 6.03. The van der Waals surface area contributed by atoms with Crippen LogP contribution in [0, 0.1) is 0 Å². The quantitative estimate of drug-likeness (QED) is 0.932. The van der Waals surface area contributed by atoms with Crippen LogP contribution in [0.2, 0.25) is 5.02 Å². The number of hydrogen-bond acceptors (Lipinski definition) is 2. The number of aliphatic hydroxyl groups excluding tert-OH is 1. The summed E-state index contributed by atoms with van der Waals surface area (Å²) in [5, 5.41) is 10.7. The molecule has 1 aromatic heterocycles. The van der Waals surface area contributed by atoms with Gasteiger partial charge in [0.15, 0.2) is 0 Å². The summed E-state index contributed by atoms with van der Waals surface area (Å²) in [6.07, 6.45) is 5.09. The molecule has 2 atom stereocenters. The second-order valence-corrected chi connectivity index (χ2v) is 6.32. The van der Waals surface area contributed by atoms with Crippen molar-refractivity contribution in [2.24, 2.45) is 0 Å². The van der Waals surface area contributed by atoms with Gasteiger partial charge in [-0.15, -0.1) is 0 Å². The topological polar surface area (TPSA) is 45.5 Å². The molecule has 1 fully saturated rings. The van der Waals surface area contributed by atoms with Crippen molar-refractivity contribution in [3.05, 3.63) is 23.0 Å². The number of likely N-dealkylation sites (N-methyl/N-ethyl adjacent to an activating group) is 1.